The molecule has 9 nitrogen and oxygen atoms in total. The van der Waals surface area contributed by atoms with Crippen LogP contribution in [-0.4, -0.2) is 50.9 Å². The van der Waals surface area contributed by atoms with Crippen molar-refractivity contribution in [2.24, 2.45) is 0 Å². The highest BCUT2D eigenvalue weighted by Crippen LogP contribution is 2.31. The minimum Gasteiger partial charge on any atom is -0.457 e. The lowest BCUT2D eigenvalue weighted by atomic mass is 10.1. The average molecular weight is 663 g/mol. The van der Waals surface area contributed by atoms with E-state index in [1.165, 1.54) is 31.4 Å². The first-order valence-corrected chi connectivity index (χ1v) is 17.0. The van der Waals surface area contributed by atoms with Gasteiger partial charge in [0.15, 0.2) is 0 Å². The summed E-state index contributed by atoms with van der Waals surface area (Å²) in [5, 5.41) is 5.24. The normalized spacial score (nSPS) is 14.0. The number of aryl methyl sites for hydroxylation is 1. The minimum atomic E-state index is -0.116. The summed E-state index contributed by atoms with van der Waals surface area (Å²) in [6.07, 6.45) is 7.03. The van der Waals surface area contributed by atoms with Crippen LogP contribution in [0, 0.1) is 6.92 Å². The zero-order valence-electron chi connectivity index (χ0n) is 28.8. The maximum atomic E-state index is 12.1. The van der Waals surface area contributed by atoms with Crippen molar-refractivity contribution >= 4 is 29.1 Å². The maximum absolute atomic E-state index is 12.1. The van der Waals surface area contributed by atoms with Gasteiger partial charge in [-0.05, 0) is 123 Å². The first-order chi connectivity index (χ1) is 23.7. The summed E-state index contributed by atoms with van der Waals surface area (Å²) in [6, 6.07) is 28.6. The van der Waals surface area contributed by atoms with Crippen molar-refractivity contribution in [1.29, 1.82) is 0 Å². The van der Waals surface area contributed by atoms with Gasteiger partial charge in [-0.1, -0.05) is 18.9 Å². The molecule has 3 amide bonds. The summed E-state index contributed by atoms with van der Waals surface area (Å²) in [6.45, 7) is 5.77. The van der Waals surface area contributed by atoms with E-state index in [-0.39, 0.29) is 17.7 Å². The molecule has 1 aliphatic heterocycles. The van der Waals surface area contributed by atoms with Gasteiger partial charge in [-0.25, -0.2) is 0 Å². The third kappa shape index (κ3) is 9.19. The average Bonchev–Trinajstić information content (AvgIpc) is 3.85. The molecule has 0 bridgehead atoms. The van der Waals surface area contributed by atoms with E-state index in [9.17, 15) is 14.4 Å². The predicted molar refractivity (Wildman–Crippen MR) is 194 cm³/mol. The van der Waals surface area contributed by atoms with E-state index in [4.69, 9.17) is 9.47 Å². The number of benzene rings is 4. The first-order valence-electron chi connectivity index (χ1n) is 17.0. The van der Waals surface area contributed by atoms with Gasteiger partial charge in [0.2, 0.25) is 5.91 Å². The van der Waals surface area contributed by atoms with Crippen LogP contribution in [0.2, 0.25) is 0 Å². The van der Waals surface area contributed by atoms with Crippen LogP contribution >= 0.6 is 0 Å². The summed E-state index contributed by atoms with van der Waals surface area (Å²) in [7, 11) is 3.23. The van der Waals surface area contributed by atoms with Gasteiger partial charge in [0.25, 0.3) is 11.8 Å². The summed E-state index contributed by atoms with van der Waals surface area (Å²) in [5.41, 5.74) is 4.23. The molecule has 9 heteroatoms. The predicted octanol–water partition coefficient (Wildman–Crippen LogP) is 7.88. The standard InChI is InChI=1S/C22H26N2O3.C18H20N2O2/c1-15-14-20(12-13-21(15)22(26)23-3)27-19-10-8-18(9-11-19)24(16(2)25)17-6-4-5-7-17;1-19-18(21)14-5-4-6-17(13-14)22-16-9-7-15(8-10-16)20-11-2-3-12-20/h8-14,17H,4-7H2,1-3H3,(H,23,26);4-10,13H,2-3,11-12H2,1H3,(H,19,21). The molecule has 0 aromatic heterocycles. The molecule has 0 atom stereocenters. The van der Waals surface area contributed by atoms with Crippen LogP contribution < -0.4 is 29.9 Å². The summed E-state index contributed by atoms with van der Waals surface area (Å²) in [5.74, 6) is 2.66. The fraction of sp³-hybridized carbons (Fsp3) is 0.325. The Balaban J connectivity index is 0.000000195. The third-order valence-corrected chi connectivity index (χ3v) is 8.92. The van der Waals surface area contributed by atoms with Gasteiger partial charge in [0.05, 0.1) is 0 Å². The Morgan fingerprint density at radius 3 is 1.84 bits per heavy atom. The summed E-state index contributed by atoms with van der Waals surface area (Å²) in [4.78, 5) is 39.8. The number of amides is 3. The van der Waals surface area contributed by atoms with E-state index in [0.717, 1.165) is 42.9 Å². The largest absolute Gasteiger partial charge is 0.457 e. The maximum Gasteiger partial charge on any atom is 0.251 e. The highest BCUT2D eigenvalue weighted by Gasteiger charge is 2.26. The fourth-order valence-electron chi connectivity index (χ4n) is 6.39. The zero-order valence-corrected chi connectivity index (χ0v) is 28.8. The van der Waals surface area contributed by atoms with Gasteiger partial charge in [-0.3, -0.25) is 14.4 Å². The van der Waals surface area contributed by atoms with E-state index >= 15 is 0 Å². The molecular weight excluding hydrogens is 616 g/mol. The number of ether oxygens (including phenoxy) is 2. The Kier molecular flexibility index (Phi) is 11.9. The number of rotatable bonds is 9. The second-order valence-electron chi connectivity index (χ2n) is 12.4. The molecule has 0 radical (unpaired) electrons. The van der Waals surface area contributed by atoms with Gasteiger partial charge in [0, 0.05) is 62.7 Å². The molecule has 4 aromatic rings. The summed E-state index contributed by atoms with van der Waals surface area (Å²) >= 11 is 0. The van der Waals surface area contributed by atoms with Crippen molar-refractivity contribution in [3.05, 3.63) is 108 Å². The molecule has 4 aromatic carbocycles. The fourth-order valence-corrected chi connectivity index (χ4v) is 6.39. The van der Waals surface area contributed by atoms with Crippen LogP contribution in [0.3, 0.4) is 0 Å². The van der Waals surface area contributed by atoms with Gasteiger partial charge in [0.1, 0.15) is 23.0 Å². The van der Waals surface area contributed by atoms with E-state index in [0.29, 0.717) is 34.4 Å². The molecule has 2 fully saturated rings. The van der Waals surface area contributed by atoms with Gasteiger partial charge >= 0.3 is 0 Å². The summed E-state index contributed by atoms with van der Waals surface area (Å²) < 4.78 is 11.7. The Morgan fingerprint density at radius 2 is 1.27 bits per heavy atom. The number of anilines is 2. The number of carbonyl (C=O) groups is 3. The second-order valence-corrected chi connectivity index (χ2v) is 12.4. The highest BCUT2D eigenvalue weighted by atomic mass is 16.5. The molecule has 1 saturated carbocycles. The van der Waals surface area contributed by atoms with Crippen molar-refractivity contribution < 1.29 is 23.9 Å². The monoisotopic (exact) mass is 662 g/mol. The number of carbonyl (C=O) groups excluding carboxylic acids is 3. The first kappa shape index (κ1) is 35.0. The quantitative estimate of drug-likeness (QED) is 0.189. The number of nitrogens with zero attached hydrogens (tertiary/aromatic N) is 2. The molecule has 2 aliphatic rings. The van der Waals surface area contributed by atoms with Crippen LogP contribution in [-0.2, 0) is 4.79 Å². The highest BCUT2D eigenvalue weighted by molar-refractivity contribution is 5.96. The lowest BCUT2D eigenvalue weighted by Crippen LogP contribution is -2.37. The molecule has 2 N–H and O–H groups in total. The number of hydrogen-bond acceptors (Lipinski definition) is 6. The zero-order chi connectivity index (χ0) is 34.8. The SMILES string of the molecule is CNC(=O)c1ccc(Oc2ccc(N(C(C)=O)C3CCCC3)cc2)cc1C.CNC(=O)c1cccc(Oc2ccc(N3CCCC3)cc2)c1. The van der Waals surface area contributed by atoms with Gasteiger partial charge in [-0.2, -0.15) is 0 Å². The Bertz CT molecular complexity index is 1730. The van der Waals surface area contributed by atoms with Crippen LogP contribution in [0.4, 0.5) is 11.4 Å². The lowest BCUT2D eigenvalue weighted by molar-refractivity contribution is -0.117. The van der Waals surface area contributed by atoms with Crippen molar-refractivity contribution in [2.45, 2.75) is 58.4 Å². The van der Waals surface area contributed by atoms with Crippen molar-refractivity contribution in [3.8, 4) is 23.0 Å². The number of hydrogen-bond donors (Lipinski definition) is 2. The Labute approximate surface area is 289 Å². The van der Waals surface area contributed by atoms with E-state index in [1.54, 1.807) is 45.3 Å². The Hall–Kier alpha value is -5.31. The van der Waals surface area contributed by atoms with E-state index < -0.39 is 0 Å². The molecule has 1 heterocycles. The van der Waals surface area contributed by atoms with Crippen LogP contribution in [0.1, 0.15) is 71.7 Å². The topological polar surface area (TPSA) is 100 Å². The van der Waals surface area contributed by atoms with E-state index in [1.807, 2.05) is 66.4 Å². The third-order valence-electron chi connectivity index (χ3n) is 8.92. The molecule has 1 saturated heterocycles. The van der Waals surface area contributed by atoms with Crippen LogP contribution in [0.5, 0.6) is 23.0 Å². The Morgan fingerprint density at radius 1 is 0.694 bits per heavy atom. The molecule has 0 unspecified atom stereocenters. The molecule has 0 spiro atoms. The van der Waals surface area contributed by atoms with Gasteiger partial charge in [-0.15, -0.1) is 0 Å². The lowest BCUT2D eigenvalue weighted by Gasteiger charge is -2.28. The van der Waals surface area contributed by atoms with Crippen molar-refractivity contribution in [3.63, 3.8) is 0 Å². The molecule has 1 aliphatic carbocycles. The molecule has 6 rings (SSSR count). The van der Waals surface area contributed by atoms with Crippen LogP contribution in [0.25, 0.3) is 0 Å². The van der Waals surface area contributed by atoms with Crippen LogP contribution in [0.15, 0.2) is 91.0 Å². The molecule has 49 heavy (non-hydrogen) atoms. The van der Waals surface area contributed by atoms with Crippen molar-refractivity contribution in [1.82, 2.24) is 10.6 Å². The van der Waals surface area contributed by atoms with Gasteiger partial charge < -0.3 is 29.9 Å². The second kappa shape index (κ2) is 16.7. The van der Waals surface area contributed by atoms with Crippen molar-refractivity contribution in [2.75, 3.05) is 37.0 Å². The molecular formula is C40H46N4O5. The number of nitrogens with one attached hydrogen (secondary N) is 2. The minimum absolute atomic E-state index is 0.0796. The van der Waals surface area contributed by atoms with E-state index in [2.05, 4.69) is 27.7 Å². The molecule has 256 valence electrons. The smallest absolute Gasteiger partial charge is 0.251 e.